The second kappa shape index (κ2) is 4.55. The fourth-order valence-electron chi connectivity index (χ4n) is 2.13. The lowest BCUT2D eigenvalue weighted by molar-refractivity contribution is -0.129. The zero-order valence-corrected chi connectivity index (χ0v) is 12.0. The van der Waals surface area contributed by atoms with Gasteiger partial charge < -0.3 is 21.5 Å². The zero-order chi connectivity index (χ0) is 16.1. The Morgan fingerprint density at radius 2 is 2.00 bits per heavy atom. The third kappa shape index (κ3) is 2.18. The van der Waals surface area contributed by atoms with Crippen LogP contribution in [0.5, 0.6) is 5.75 Å². The second-order valence-electron chi connectivity index (χ2n) is 5.41. The number of halogens is 1. The fourth-order valence-corrected chi connectivity index (χ4v) is 2.13. The molecule has 0 atom stereocenters. The molecule has 0 unspecified atom stereocenters. The fraction of sp³-hybridized carbons (Fsp3) is 0.214. The first-order valence-corrected chi connectivity index (χ1v) is 6.51. The number of carbonyl (C=O) groups is 1. The summed E-state index contributed by atoms with van der Waals surface area (Å²) in [7, 11) is 0. The van der Waals surface area contributed by atoms with Crippen LogP contribution < -0.4 is 21.5 Å². The van der Waals surface area contributed by atoms with Crippen LogP contribution in [0.15, 0.2) is 18.2 Å². The number of nitrogen functional groups attached to an aromatic ring is 2. The van der Waals surface area contributed by atoms with E-state index in [0.717, 1.165) is 0 Å². The van der Waals surface area contributed by atoms with Crippen molar-refractivity contribution in [2.24, 2.45) is 0 Å². The summed E-state index contributed by atoms with van der Waals surface area (Å²) in [6.07, 6.45) is 0. The number of rotatable bonds is 1. The highest BCUT2D eigenvalue weighted by molar-refractivity contribution is 6.00. The number of nitrogens with two attached hydrogens (primary N) is 2. The molecule has 0 bridgehead atoms. The summed E-state index contributed by atoms with van der Waals surface area (Å²) in [4.78, 5) is 19.3. The van der Waals surface area contributed by atoms with E-state index in [1.165, 1.54) is 0 Å². The first kappa shape index (κ1) is 14.1. The van der Waals surface area contributed by atoms with Crippen LogP contribution in [0.2, 0.25) is 0 Å². The summed E-state index contributed by atoms with van der Waals surface area (Å²) in [5, 5.41) is 2.72. The first-order chi connectivity index (χ1) is 10.3. The molecule has 0 spiro atoms. The molecule has 0 saturated carbocycles. The normalized spacial score (nSPS) is 15.7. The van der Waals surface area contributed by atoms with Gasteiger partial charge in [0, 0.05) is 5.56 Å². The van der Waals surface area contributed by atoms with E-state index in [1.54, 1.807) is 32.0 Å². The molecule has 7 nitrogen and oxygen atoms in total. The number of hydrogen-bond donors (Lipinski definition) is 3. The SMILES string of the molecule is CC1(C)Oc2ccc(-c3nc(N)nc(N)c3F)cc2NC1=O. The van der Waals surface area contributed by atoms with E-state index in [1.807, 2.05) is 0 Å². The lowest BCUT2D eigenvalue weighted by atomic mass is 10.0. The Labute approximate surface area is 125 Å². The third-order valence-electron chi connectivity index (χ3n) is 3.31. The molecule has 0 saturated heterocycles. The van der Waals surface area contributed by atoms with Crippen LogP contribution in [-0.4, -0.2) is 21.5 Å². The van der Waals surface area contributed by atoms with Crippen LogP contribution in [0.25, 0.3) is 11.3 Å². The Morgan fingerprint density at radius 1 is 1.27 bits per heavy atom. The first-order valence-electron chi connectivity index (χ1n) is 6.51. The van der Waals surface area contributed by atoms with E-state index in [-0.39, 0.29) is 23.4 Å². The van der Waals surface area contributed by atoms with Crippen molar-refractivity contribution in [3.8, 4) is 17.0 Å². The maximum absolute atomic E-state index is 14.1. The average Bonchev–Trinajstić information content (AvgIpc) is 2.43. The molecule has 0 aliphatic carbocycles. The van der Waals surface area contributed by atoms with Gasteiger partial charge in [-0.05, 0) is 32.0 Å². The minimum Gasteiger partial charge on any atom is -0.476 e. The van der Waals surface area contributed by atoms with Gasteiger partial charge >= 0.3 is 0 Å². The third-order valence-corrected chi connectivity index (χ3v) is 3.31. The quantitative estimate of drug-likeness (QED) is 0.736. The Hall–Kier alpha value is -2.90. The van der Waals surface area contributed by atoms with Gasteiger partial charge in [-0.3, -0.25) is 4.79 Å². The van der Waals surface area contributed by atoms with Crippen molar-refractivity contribution in [2.45, 2.75) is 19.4 Å². The molecule has 114 valence electrons. The van der Waals surface area contributed by atoms with E-state index >= 15 is 0 Å². The van der Waals surface area contributed by atoms with Gasteiger partial charge in [-0.1, -0.05) is 0 Å². The molecule has 0 fully saturated rings. The molecule has 1 aromatic heterocycles. The maximum Gasteiger partial charge on any atom is 0.268 e. The predicted octanol–water partition coefficient (Wildman–Crippen LogP) is 1.56. The van der Waals surface area contributed by atoms with Crippen LogP contribution in [0.1, 0.15) is 13.8 Å². The van der Waals surface area contributed by atoms with Gasteiger partial charge in [-0.15, -0.1) is 0 Å². The molecule has 1 aromatic carbocycles. The minimum atomic E-state index is -0.969. The summed E-state index contributed by atoms with van der Waals surface area (Å²) in [6, 6.07) is 4.78. The smallest absolute Gasteiger partial charge is 0.268 e. The largest absolute Gasteiger partial charge is 0.476 e. The molecule has 22 heavy (non-hydrogen) atoms. The molecule has 2 heterocycles. The number of carbonyl (C=O) groups excluding carboxylic acids is 1. The number of nitrogens with one attached hydrogen (secondary N) is 1. The Bertz CT molecular complexity index is 791. The van der Waals surface area contributed by atoms with Gasteiger partial charge in [-0.2, -0.15) is 4.98 Å². The average molecular weight is 303 g/mol. The van der Waals surface area contributed by atoms with Crippen molar-refractivity contribution < 1.29 is 13.9 Å². The van der Waals surface area contributed by atoms with Crippen molar-refractivity contribution in [2.75, 3.05) is 16.8 Å². The van der Waals surface area contributed by atoms with Gasteiger partial charge in [0.25, 0.3) is 5.91 Å². The van der Waals surface area contributed by atoms with Gasteiger partial charge in [0.2, 0.25) is 5.95 Å². The number of anilines is 3. The number of amides is 1. The van der Waals surface area contributed by atoms with E-state index in [4.69, 9.17) is 16.2 Å². The topological polar surface area (TPSA) is 116 Å². The molecule has 3 rings (SSSR count). The zero-order valence-electron chi connectivity index (χ0n) is 12.0. The number of aromatic nitrogens is 2. The number of nitrogens with zero attached hydrogens (tertiary/aromatic N) is 2. The minimum absolute atomic E-state index is 0.0353. The van der Waals surface area contributed by atoms with Gasteiger partial charge in [0.1, 0.15) is 11.4 Å². The van der Waals surface area contributed by atoms with E-state index in [9.17, 15) is 9.18 Å². The van der Waals surface area contributed by atoms with Crippen LogP contribution in [0, 0.1) is 5.82 Å². The Balaban J connectivity index is 2.09. The molecule has 1 amide bonds. The van der Waals surface area contributed by atoms with Crippen molar-refractivity contribution in [3.63, 3.8) is 0 Å². The van der Waals surface area contributed by atoms with Gasteiger partial charge in [0.05, 0.1) is 5.69 Å². The lowest BCUT2D eigenvalue weighted by Gasteiger charge is -2.31. The van der Waals surface area contributed by atoms with Crippen LogP contribution in [-0.2, 0) is 4.79 Å². The van der Waals surface area contributed by atoms with Crippen molar-refractivity contribution in [3.05, 3.63) is 24.0 Å². The Morgan fingerprint density at radius 3 is 2.73 bits per heavy atom. The van der Waals surface area contributed by atoms with Crippen molar-refractivity contribution >= 4 is 23.4 Å². The van der Waals surface area contributed by atoms with Crippen molar-refractivity contribution in [1.29, 1.82) is 0 Å². The van der Waals surface area contributed by atoms with Crippen LogP contribution >= 0.6 is 0 Å². The summed E-state index contributed by atoms with van der Waals surface area (Å²) in [5.41, 5.74) is 10.8. The second-order valence-corrected chi connectivity index (χ2v) is 5.41. The van der Waals surface area contributed by atoms with E-state index < -0.39 is 11.4 Å². The monoisotopic (exact) mass is 303 g/mol. The summed E-state index contributed by atoms with van der Waals surface area (Å²) in [6.45, 7) is 3.31. The summed E-state index contributed by atoms with van der Waals surface area (Å²) in [5.74, 6) is -1.03. The molecular formula is C14H14FN5O2. The summed E-state index contributed by atoms with van der Waals surface area (Å²) < 4.78 is 19.7. The highest BCUT2D eigenvalue weighted by Gasteiger charge is 2.35. The number of fused-ring (bicyclic) bond motifs is 1. The Kier molecular flexibility index (Phi) is 2.91. The molecule has 2 aromatic rings. The molecule has 0 radical (unpaired) electrons. The molecule has 8 heteroatoms. The van der Waals surface area contributed by atoms with E-state index in [2.05, 4.69) is 15.3 Å². The van der Waals surface area contributed by atoms with Crippen LogP contribution in [0.4, 0.5) is 21.8 Å². The maximum atomic E-state index is 14.1. The highest BCUT2D eigenvalue weighted by Crippen LogP contribution is 2.37. The highest BCUT2D eigenvalue weighted by atomic mass is 19.1. The van der Waals surface area contributed by atoms with E-state index in [0.29, 0.717) is 17.0 Å². The number of benzene rings is 1. The molecular weight excluding hydrogens is 289 g/mol. The number of ether oxygens (including phenoxy) is 1. The molecule has 1 aliphatic heterocycles. The molecule has 5 N–H and O–H groups in total. The standard InChI is InChI=1S/C14H14FN5O2/c1-14(2)12(21)18-7-5-6(3-4-8(7)22-14)10-9(15)11(16)20-13(17)19-10/h3-5H,1-2H3,(H,18,21)(H4,16,17,19,20). The van der Waals surface area contributed by atoms with Crippen molar-refractivity contribution in [1.82, 2.24) is 9.97 Å². The number of hydrogen-bond acceptors (Lipinski definition) is 6. The van der Waals surface area contributed by atoms with Crippen LogP contribution in [0.3, 0.4) is 0 Å². The molecule has 1 aliphatic rings. The summed E-state index contributed by atoms with van der Waals surface area (Å²) >= 11 is 0. The van der Waals surface area contributed by atoms with Gasteiger partial charge in [-0.25, -0.2) is 9.37 Å². The predicted molar refractivity (Wildman–Crippen MR) is 79.6 cm³/mol. The lowest BCUT2D eigenvalue weighted by Crippen LogP contribution is -2.45. The van der Waals surface area contributed by atoms with Gasteiger partial charge in [0.15, 0.2) is 17.2 Å².